The fraction of sp³-hybridized carbons (Fsp3) is 0.333. The number of hydrogen-bond donors (Lipinski definition) is 4. The molecule has 2 heterocycles. The number of benzene rings is 2. The summed E-state index contributed by atoms with van der Waals surface area (Å²) in [6.07, 6.45) is -9.46. The van der Waals surface area contributed by atoms with Crippen molar-refractivity contribution in [3.63, 3.8) is 0 Å². The van der Waals surface area contributed by atoms with Gasteiger partial charge in [-0.25, -0.2) is 4.79 Å². The van der Waals surface area contributed by atoms with Gasteiger partial charge < -0.3 is 40.4 Å². The van der Waals surface area contributed by atoms with Gasteiger partial charge in [0.1, 0.15) is 24.4 Å². The van der Waals surface area contributed by atoms with E-state index >= 15 is 0 Å². The molecular weight excluding hydrogens is 431 g/mol. The van der Waals surface area contributed by atoms with Crippen LogP contribution in [-0.2, 0) is 20.7 Å². The number of nitrogens with zero attached hydrogens (tertiary/aromatic N) is 1. The topological polar surface area (TPSA) is 166 Å². The van der Waals surface area contributed by atoms with E-state index in [0.717, 1.165) is 0 Å². The van der Waals surface area contributed by atoms with Crippen molar-refractivity contribution in [1.82, 2.24) is 0 Å². The van der Waals surface area contributed by atoms with Crippen LogP contribution >= 0.6 is 0 Å². The number of fused-ring (bicyclic) bond motifs is 2. The van der Waals surface area contributed by atoms with E-state index in [-0.39, 0.29) is 36.0 Å². The van der Waals surface area contributed by atoms with Crippen LogP contribution in [0.3, 0.4) is 0 Å². The van der Waals surface area contributed by atoms with Gasteiger partial charge in [-0.3, -0.25) is 4.90 Å². The SMILES string of the molecule is NC(=O)N1c2ccccc2CC(O[C@@H]2O[C@H](C(=O)[O-])[C@@H](O)[C@H](O)[C@H]2O)c2ccccc21.[Na+]. The molecule has 5 N–H and O–H groups in total. The number of aliphatic carboxylic acids is 1. The van der Waals surface area contributed by atoms with Crippen LogP contribution in [0, 0.1) is 0 Å². The Morgan fingerprint density at radius 3 is 2.28 bits per heavy atom. The Morgan fingerprint density at radius 2 is 1.62 bits per heavy atom. The van der Waals surface area contributed by atoms with Gasteiger partial charge >= 0.3 is 35.6 Å². The molecule has 2 aliphatic rings. The Morgan fingerprint density at radius 1 is 1.00 bits per heavy atom. The van der Waals surface area contributed by atoms with Crippen LogP contribution in [0.4, 0.5) is 16.2 Å². The van der Waals surface area contributed by atoms with Crippen LogP contribution in [0.25, 0.3) is 0 Å². The van der Waals surface area contributed by atoms with E-state index in [2.05, 4.69) is 0 Å². The molecule has 10 nitrogen and oxygen atoms in total. The summed E-state index contributed by atoms with van der Waals surface area (Å²) < 4.78 is 11.1. The minimum absolute atomic E-state index is 0. The number of anilines is 2. The Balaban J connectivity index is 0.00000289. The van der Waals surface area contributed by atoms with Crippen LogP contribution in [0.15, 0.2) is 48.5 Å². The van der Waals surface area contributed by atoms with Crippen molar-refractivity contribution >= 4 is 23.4 Å². The average Bonchev–Trinajstić information content (AvgIpc) is 2.88. The molecule has 0 aliphatic carbocycles. The molecule has 1 fully saturated rings. The molecule has 11 heteroatoms. The molecule has 1 unspecified atom stereocenters. The van der Waals surface area contributed by atoms with Crippen LogP contribution in [-0.4, -0.2) is 58.0 Å². The van der Waals surface area contributed by atoms with Gasteiger partial charge in [0.25, 0.3) is 0 Å². The number of carbonyl (C=O) groups excluding carboxylic acids is 2. The van der Waals surface area contributed by atoms with Gasteiger partial charge in [-0.1, -0.05) is 36.4 Å². The molecule has 2 aliphatic heterocycles. The molecule has 2 amide bonds. The van der Waals surface area contributed by atoms with Gasteiger partial charge in [-0.2, -0.15) is 0 Å². The Bertz CT molecular complexity index is 1010. The van der Waals surface area contributed by atoms with Crippen LogP contribution in [0.5, 0.6) is 0 Å². The zero-order valence-corrected chi connectivity index (χ0v) is 19.2. The number of carboxylic acid groups (broad SMARTS) is 1. The third-order valence-corrected chi connectivity index (χ3v) is 5.48. The Kier molecular flexibility index (Phi) is 7.58. The van der Waals surface area contributed by atoms with E-state index in [4.69, 9.17) is 15.2 Å². The third kappa shape index (κ3) is 4.41. The number of nitrogens with two attached hydrogens (primary N) is 1. The summed E-state index contributed by atoms with van der Waals surface area (Å²) in [5.41, 5.74) is 7.91. The Hall–Kier alpha value is -2.02. The Labute approximate surface area is 205 Å². The number of carbonyl (C=O) groups is 2. The van der Waals surface area contributed by atoms with Gasteiger partial charge in [0.15, 0.2) is 6.29 Å². The first-order valence-corrected chi connectivity index (χ1v) is 9.62. The first kappa shape index (κ1) is 24.6. The van der Waals surface area contributed by atoms with Gasteiger partial charge in [-0.05, 0) is 17.7 Å². The summed E-state index contributed by atoms with van der Waals surface area (Å²) >= 11 is 0. The maximum Gasteiger partial charge on any atom is 1.00 e. The number of primary amides is 1. The van der Waals surface area contributed by atoms with Crippen molar-refractivity contribution in [2.45, 2.75) is 43.2 Å². The predicted octanol–water partition coefficient (Wildman–Crippen LogP) is -3.92. The van der Waals surface area contributed by atoms with E-state index in [0.29, 0.717) is 22.5 Å². The predicted molar refractivity (Wildman–Crippen MR) is 104 cm³/mol. The molecule has 0 bridgehead atoms. The summed E-state index contributed by atoms with van der Waals surface area (Å²) in [5.74, 6) is -1.75. The van der Waals surface area contributed by atoms with Gasteiger partial charge in [0, 0.05) is 12.0 Å². The van der Waals surface area contributed by atoms with E-state index in [1.54, 1.807) is 48.5 Å². The van der Waals surface area contributed by atoms with Crippen LogP contribution in [0.2, 0.25) is 0 Å². The van der Waals surface area contributed by atoms with E-state index in [1.807, 2.05) is 0 Å². The molecule has 1 saturated heterocycles. The average molecular weight is 452 g/mol. The van der Waals surface area contributed by atoms with Crippen molar-refractivity contribution < 1.29 is 69.0 Å². The molecule has 0 saturated carbocycles. The van der Waals surface area contributed by atoms with Crippen LogP contribution < -0.4 is 45.3 Å². The molecule has 2 aromatic carbocycles. The number of para-hydroxylation sites is 2. The first-order valence-electron chi connectivity index (χ1n) is 9.62. The summed E-state index contributed by atoms with van der Waals surface area (Å²) in [6.45, 7) is 0. The van der Waals surface area contributed by atoms with Crippen molar-refractivity contribution in [3.8, 4) is 0 Å². The maximum atomic E-state index is 12.3. The molecule has 4 rings (SSSR count). The molecule has 32 heavy (non-hydrogen) atoms. The van der Waals surface area contributed by atoms with Crippen LogP contribution in [0.1, 0.15) is 17.2 Å². The second kappa shape index (κ2) is 9.86. The fourth-order valence-corrected chi connectivity index (χ4v) is 3.98. The largest absolute Gasteiger partial charge is 1.00 e. The minimum atomic E-state index is -1.89. The van der Waals surface area contributed by atoms with E-state index in [1.165, 1.54) is 4.90 Å². The number of ether oxygens (including phenoxy) is 2. The van der Waals surface area contributed by atoms with Crippen molar-refractivity contribution in [2.24, 2.45) is 5.73 Å². The van der Waals surface area contributed by atoms with Gasteiger partial charge in [0.2, 0.25) is 0 Å². The molecule has 164 valence electrons. The smallest absolute Gasteiger partial charge is 0.547 e. The summed E-state index contributed by atoms with van der Waals surface area (Å²) in [5, 5.41) is 41.6. The molecular formula is C21H21N2NaO8. The van der Waals surface area contributed by atoms with E-state index in [9.17, 15) is 30.0 Å². The summed E-state index contributed by atoms with van der Waals surface area (Å²) in [7, 11) is 0. The molecule has 2 aromatic rings. The number of urea groups is 1. The van der Waals surface area contributed by atoms with Crippen molar-refractivity contribution in [3.05, 3.63) is 59.7 Å². The standard InChI is InChI=1S/C21H22N2O8.Na/c22-21(29)23-12-7-3-1-5-10(12)9-14(11-6-2-4-8-13(11)23)30-20-17(26)15(24)16(25)18(31-20)19(27)28;/h1-8,14-18,20,24-26H,9H2,(H2,22,29)(H,27,28);/q;+1/p-1/t14?,15-,16-,17+,18-,20+;/m0./s1. The second-order valence-electron chi connectivity index (χ2n) is 7.41. The summed E-state index contributed by atoms with van der Waals surface area (Å²) in [4.78, 5) is 24.9. The molecule has 0 radical (unpaired) electrons. The number of aliphatic hydroxyl groups is 3. The molecule has 6 atom stereocenters. The normalized spacial score (nSPS) is 29.2. The monoisotopic (exact) mass is 452 g/mol. The third-order valence-electron chi connectivity index (χ3n) is 5.48. The molecule has 0 spiro atoms. The van der Waals surface area contributed by atoms with Crippen molar-refractivity contribution in [2.75, 3.05) is 4.90 Å². The quantitative estimate of drug-likeness (QED) is 0.343. The zero-order chi connectivity index (χ0) is 22.3. The zero-order valence-electron chi connectivity index (χ0n) is 17.2. The van der Waals surface area contributed by atoms with Gasteiger partial charge in [0.05, 0.1) is 23.4 Å². The summed E-state index contributed by atoms with van der Waals surface area (Å²) in [6, 6.07) is 13.2. The van der Waals surface area contributed by atoms with Gasteiger partial charge in [-0.15, -0.1) is 0 Å². The number of amides is 2. The molecule has 0 aromatic heterocycles. The van der Waals surface area contributed by atoms with Crippen molar-refractivity contribution in [1.29, 1.82) is 0 Å². The van der Waals surface area contributed by atoms with E-state index < -0.39 is 48.8 Å². The number of carboxylic acids is 1. The number of aliphatic hydroxyl groups excluding tert-OH is 3. The number of rotatable bonds is 3. The maximum absolute atomic E-state index is 12.3. The first-order chi connectivity index (χ1) is 14.8. The fourth-order valence-electron chi connectivity index (χ4n) is 3.98. The second-order valence-corrected chi connectivity index (χ2v) is 7.41. The minimum Gasteiger partial charge on any atom is -0.547 e. The number of hydrogen-bond acceptors (Lipinski definition) is 8.